The number of hydrogen-bond acceptors (Lipinski definition) is 4. The minimum absolute atomic E-state index is 0.0820. The highest BCUT2D eigenvalue weighted by molar-refractivity contribution is 7.90. The lowest BCUT2D eigenvalue weighted by Gasteiger charge is -2.07. The Kier molecular flexibility index (Phi) is 4.22. The zero-order valence-electron chi connectivity index (χ0n) is 9.29. The topological polar surface area (TPSA) is 101 Å². The molecular weight excluding hydrogens is 258 g/mol. The van der Waals surface area contributed by atoms with Crippen molar-refractivity contribution < 1.29 is 23.1 Å². The number of carboxylic acid groups (broad SMARTS) is 1. The van der Waals surface area contributed by atoms with E-state index in [4.69, 9.17) is 5.11 Å². The Hall–Kier alpha value is -2.15. The molecule has 96 valence electrons. The molecule has 0 aliphatic heterocycles. The fourth-order valence-electron chi connectivity index (χ4n) is 1.12. The standard InChI is InChI=1S/C11H11NO5S/c1-8(7-10(13)14)11(15)12-18(16,17)9-5-3-2-4-6-9/h2-6H,1,7H2,(H,12,15)(H,13,14). The van der Waals surface area contributed by atoms with E-state index in [1.165, 1.54) is 24.3 Å². The minimum Gasteiger partial charge on any atom is -0.481 e. The normalized spacial score (nSPS) is 10.7. The third-order valence-corrected chi connectivity index (χ3v) is 3.31. The second kappa shape index (κ2) is 5.46. The smallest absolute Gasteiger partial charge is 0.308 e. The summed E-state index contributed by atoms with van der Waals surface area (Å²) in [5.74, 6) is -2.28. The first-order valence-corrected chi connectivity index (χ1v) is 6.33. The number of sulfonamides is 1. The molecule has 18 heavy (non-hydrogen) atoms. The molecule has 7 heteroatoms. The number of amides is 1. The Labute approximate surface area is 104 Å². The van der Waals surface area contributed by atoms with Crippen LogP contribution in [0, 0.1) is 0 Å². The Bertz CT molecular complexity index is 577. The second-order valence-corrected chi connectivity index (χ2v) is 5.10. The van der Waals surface area contributed by atoms with Crippen molar-refractivity contribution in [2.24, 2.45) is 0 Å². The molecule has 0 aromatic heterocycles. The van der Waals surface area contributed by atoms with E-state index < -0.39 is 28.3 Å². The van der Waals surface area contributed by atoms with Gasteiger partial charge in [0.05, 0.1) is 11.3 Å². The van der Waals surface area contributed by atoms with Gasteiger partial charge in [-0.1, -0.05) is 24.8 Å². The first-order chi connectivity index (χ1) is 8.33. The number of carbonyl (C=O) groups is 2. The molecule has 6 nitrogen and oxygen atoms in total. The Morgan fingerprint density at radius 3 is 2.28 bits per heavy atom. The summed E-state index contributed by atoms with van der Waals surface area (Å²) in [6.45, 7) is 3.22. The van der Waals surface area contributed by atoms with Gasteiger partial charge in [0.25, 0.3) is 15.9 Å². The van der Waals surface area contributed by atoms with Crippen molar-refractivity contribution in [2.75, 3.05) is 0 Å². The monoisotopic (exact) mass is 269 g/mol. The lowest BCUT2D eigenvalue weighted by Crippen LogP contribution is -2.32. The maximum atomic E-state index is 11.7. The van der Waals surface area contributed by atoms with Crippen LogP contribution in [-0.4, -0.2) is 25.4 Å². The van der Waals surface area contributed by atoms with Crippen LogP contribution in [0.25, 0.3) is 0 Å². The van der Waals surface area contributed by atoms with Crippen molar-refractivity contribution in [3.63, 3.8) is 0 Å². The molecular formula is C11H11NO5S. The number of aliphatic carboxylic acids is 1. The second-order valence-electron chi connectivity index (χ2n) is 3.42. The van der Waals surface area contributed by atoms with E-state index in [2.05, 4.69) is 6.58 Å². The molecule has 0 aliphatic carbocycles. The van der Waals surface area contributed by atoms with Gasteiger partial charge in [-0.05, 0) is 12.1 Å². The van der Waals surface area contributed by atoms with E-state index in [9.17, 15) is 18.0 Å². The molecule has 0 saturated carbocycles. The van der Waals surface area contributed by atoms with Crippen molar-refractivity contribution in [2.45, 2.75) is 11.3 Å². The van der Waals surface area contributed by atoms with E-state index in [-0.39, 0.29) is 10.5 Å². The van der Waals surface area contributed by atoms with Crippen LogP contribution in [0.3, 0.4) is 0 Å². The van der Waals surface area contributed by atoms with Crippen LogP contribution in [0.15, 0.2) is 47.4 Å². The molecule has 0 aliphatic rings. The molecule has 0 radical (unpaired) electrons. The van der Waals surface area contributed by atoms with Crippen LogP contribution >= 0.6 is 0 Å². The zero-order chi connectivity index (χ0) is 13.8. The molecule has 0 saturated heterocycles. The quantitative estimate of drug-likeness (QED) is 0.759. The van der Waals surface area contributed by atoms with Gasteiger partial charge in [0.1, 0.15) is 0 Å². The van der Waals surface area contributed by atoms with Gasteiger partial charge >= 0.3 is 5.97 Å². The highest BCUT2D eigenvalue weighted by atomic mass is 32.2. The molecule has 2 N–H and O–H groups in total. The average Bonchev–Trinajstić information content (AvgIpc) is 2.28. The summed E-state index contributed by atoms with van der Waals surface area (Å²) in [6.07, 6.45) is -0.615. The van der Waals surface area contributed by atoms with Crippen molar-refractivity contribution in [3.8, 4) is 0 Å². The summed E-state index contributed by atoms with van der Waals surface area (Å²) in [7, 11) is -3.99. The highest BCUT2D eigenvalue weighted by Gasteiger charge is 2.19. The van der Waals surface area contributed by atoms with E-state index in [1.807, 2.05) is 0 Å². The Morgan fingerprint density at radius 2 is 1.78 bits per heavy atom. The molecule has 0 unspecified atom stereocenters. The van der Waals surface area contributed by atoms with Gasteiger partial charge in [0.2, 0.25) is 0 Å². The van der Waals surface area contributed by atoms with Gasteiger partial charge in [-0.2, -0.15) is 0 Å². The molecule has 0 fully saturated rings. The molecule has 1 aromatic carbocycles. The maximum Gasteiger partial charge on any atom is 0.308 e. The van der Waals surface area contributed by atoms with Gasteiger partial charge in [-0.3, -0.25) is 9.59 Å². The van der Waals surface area contributed by atoms with Gasteiger partial charge in [0.15, 0.2) is 0 Å². The summed E-state index contributed by atoms with van der Waals surface area (Å²) in [5.41, 5.74) is -0.331. The fourth-order valence-corrected chi connectivity index (χ4v) is 2.14. The van der Waals surface area contributed by atoms with Crippen LogP contribution in [0.1, 0.15) is 6.42 Å². The summed E-state index contributed by atoms with van der Waals surface area (Å²) in [6, 6.07) is 7.27. The first-order valence-electron chi connectivity index (χ1n) is 4.84. The minimum atomic E-state index is -3.99. The van der Waals surface area contributed by atoms with Crippen LogP contribution in [0.2, 0.25) is 0 Å². The molecule has 0 spiro atoms. The third-order valence-electron chi connectivity index (χ3n) is 1.97. The maximum absolute atomic E-state index is 11.7. The van der Waals surface area contributed by atoms with Crippen LogP contribution in [0.5, 0.6) is 0 Å². The average molecular weight is 269 g/mol. The van der Waals surface area contributed by atoms with Gasteiger partial charge in [0, 0.05) is 5.57 Å². The van der Waals surface area contributed by atoms with Gasteiger partial charge in [-0.25, -0.2) is 13.1 Å². The Balaban J connectivity index is 2.82. The van der Waals surface area contributed by atoms with Crippen LogP contribution < -0.4 is 4.72 Å². The Morgan fingerprint density at radius 1 is 1.22 bits per heavy atom. The number of hydrogen-bond donors (Lipinski definition) is 2. The molecule has 0 bridgehead atoms. The first kappa shape index (κ1) is 13.9. The number of rotatable bonds is 5. The number of benzene rings is 1. The van der Waals surface area contributed by atoms with Crippen molar-refractivity contribution >= 4 is 21.9 Å². The lowest BCUT2D eigenvalue weighted by molar-refractivity contribution is -0.137. The zero-order valence-corrected chi connectivity index (χ0v) is 10.1. The van der Waals surface area contributed by atoms with Gasteiger partial charge in [-0.15, -0.1) is 0 Å². The van der Waals surface area contributed by atoms with E-state index in [0.29, 0.717) is 0 Å². The summed E-state index contributed by atoms with van der Waals surface area (Å²) in [5, 5.41) is 8.46. The molecule has 1 rings (SSSR count). The lowest BCUT2D eigenvalue weighted by atomic mass is 10.2. The van der Waals surface area contributed by atoms with Crippen molar-refractivity contribution in [3.05, 3.63) is 42.5 Å². The summed E-state index contributed by atoms with van der Waals surface area (Å²) >= 11 is 0. The largest absolute Gasteiger partial charge is 0.481 e. The SMILES string of the molecule is C=C(CC(=O)O)C(=O)NS(=O)(=O)c1ccccc1. The number of carboxylic acids is 1. The summed E-state index contributed by atoms with van der Waals surface area (Å²) in [4.78, 5) is 21.7. The van der Waals surface area contributed by atoms with E-state index in [1.54, 1.807) is 10.8 Å². The van der Waals surface area contributed by atoms with Crippen LogP contribution in [0.4, 0.5) is 0 Å². The van der Waals surface area contributed by atoms with Gasteiger partial charge < -0.3 is 5.11 Å². The molecule has 1 aromatic rings. The molecule has 1 amide bonds. The van der Waals surface area contributed by atoms with E-state index >= 15 is 0 Å². The van der Waals surface area contributed by atoms with Crippen molar-refractivity contribution in [1.29, 1.82) is 0 Å². The van der Waals surface area contributed by atoms with Crippen LogP contribution in [-0.2, 0) is 19.6 Å². The predicted octanol–water partition coefficient (Wildman–Crippen LogP) is 0.522. The number of carbonyl (C=O) groups excluding carboxylic acids is 1. The predicted molar refractivity (Wildman–Crippen MR) is 63.2 cm³/mol. The van der Waals surface area contributed by atoms with Crippen molar-refractivity contribution in [1.82, 2.24) is 4.72 Å². The molecule has 0 heterocycles. The molecule has 0 atom stereocenters. The highest BCUT2D eigenvalue weighted by Crippen LogP contribution is 2.08. The third kappa shape index (κ3) is 3.70. The number of nitrogens with one attached hydrogen (secondary N) is 1. The van der Waals surface area contributed by atoms with E-state index in [0.717, 1.165) is 0 Å². The fraction of sp³-hybridized carbons (Fsp3) is 0.0909. The summed E-state index contributed by atoms with van der Waals surface area (Å²) < 4.78 is 25.2.